The van der Waals surface area contributed by atoms with Gasteiger partial charge in [0.2, 0.25) is 10.0 Å². The molecule has 10 heteroatoms. The molecule has 0 saturated heterocycles. The third-order valence-corrected chi connectivity index (χ3v) is 6.66. The summed E-state index contributed by atoms with van der Waals surface area (Å²) in [6.45, 7) is 4.14. The number of pyridine rings is 1. The molecular formula is C21H25N5O4S. The van der Waals surface area contributed by atoms with E-state index in [1.807, 2.05) is 18.2 Å². The van der Waals surface area contributed by atoms with Crippen molar-refractivity contribution in [3.05, 3.63) is 69.8 Å². The average molecular weight is 444 g/mol. The highest BCUT2D eigenvalue weighted by Crippen LogP contribution is 2.21. The van der Waals surface area contributed by atoms with Crippen molar-refractivity contribution >= 4 is 10.0 Å². The van der Waals surface area contributed by atoms with Crippen LogP contribution in [0.15, 0.2) is 45.9 Å². The summed E-state index contributed by atoms with van der Waals surface area (Å²) in [5, 5.41) is 0. The molecule has 3 aromatic heterocycles. The summed E-state index contributed by atoms with van der Waals surface area (Å²) in [6.07, 6.45) is 5.21. The van der Waals surface area contributed by atoms with Gasteiger partial charge in [0.25, 0.3) is 5.56 Å². The molecule has 1 N–H and O–H groups in total. The van der Waals surface area contributed by atoms with Gasteiger partial charge in [-0.05, 0) is 24.3 Å². The van der Waals surface area contributed by atoms with Gasteiger partial charge >= 0.3 is 0 Å². The summed E-state index contributed by atoms with van der Waals surface area (Å²) in [7, 11) is -3.28. The Morgan fingerprint density at radius 1 is 1.26 bits per heavy atom. The maximum Gasteiger partial charge on any atom is 0.255 e. The van der Waals surface area contributed by atoms with Crippen LogP contribution in [0.5, 0.6) is 0 Å². The normalized spacial score (nSPS) is 14.7. The molecule has 0 unspecified atom stereocenters. The molecule has 31 heavy (non-hydrogen) atoms. The van der Waals surface area contributed by atoms with Crippen LogP contribution in [0.3, 0.4) is 0 Å². The second-order valence-corrected chi connectivity index (χ2v) is 9.58. The molecule has 0 amide bonds. The van der Waals surface area contributed by atoms with Gasteiger partial charge in [0, 0.05) is 44.0 Å². The molecule has 4 heterocycles. The van der Waals surface area contributed by atoms with Crippen molar-refractivity contribution < 1.29 is 12.8 Å². The van der Waals surface area contributed by atoms with Gasteiger partial charge in [-0.2, -0.15) is 4.31 Å². The molecule has 9 nitrogen and oxygen atoms in total. The molecule has 0 saturated carbocycles. The second kappa shape index (κ2) is 8.74. The number of hydrogen-bond donors (Lipinski definition) is 1. The Balaban J connectivity index is 1.46. The Morgan fingerprint density at radius 3 is 2.77 bits per heavy atom. The SMILES string of the molecule is CCN(Cc1ccc(CN2CCc3nc(-c4cccnc4)[nH]c(=O)c3C2)o1)S(C)(=O)=O. The molecule has 0 fully saturated rings. The molecule has 0 spiro atoms. The average Bonchev–Trinajstić information content (AvgIpc) is 3.19. The Labute approximate surface area is 180 Å². The van der Waals surface area contributed by atoms with E-state index in [2.05, 4.69) is 19.9 Å². The first-order valence-electron chi connectivity index (χ1n) is 10.1. The Hall–Kier alpha value is -2.82. The number of furan rings is 1. The molecule has 0 aromatic carbocycles. The van der Waals surface area contributed by atoms with Crippen LogP contribution in [0.2, 0.25) is 0 Å². The molecule has 0 bridgehead atoms. The number of aromatic nitrogens is 3. The van der Waals surface area contributed by atoms with E-state index >= 15 is 0 Å². The van der Waals surface area contributed by atoms with Gasteiger partial charge in [0.05, 0.1) is 30.6 Å². The van der Waals surface area contributed by atoms with Crippen LogP contribution in [-0.4, -0.2) is 51.9 Å². The van der Waals surface area contributed by atoms with Gasteiger partial charge in [-0.25, -0.2) is 13.4 Å². The van der Waals surface area contributed by atoms with Gasteiger partial charge < -0.3 is 9.40 Å². The predicted molar refractivity (Wildman–Crippen MR) is 116 cm³/mol. The Morgan fingerprint density at radius 2 is 2.06 bits per heavy atom. The number of nitrogens with one attached hydrogen (secondary N) is 1. The fraction of sp³-hybridized carbons (Fsp3) is 0.381. The quantitative estimate of drug-likeness (QED) is 0.592. The lowest BCUT2D eigenvalue weighted by Gasteiger charge is -2.26. The minimum Gasteiger partial charge on any atom is -0.463 e. The Bertz CT molecular complexity index is 1220. The number of rotatable bonds is 7. The van der Waals surface area contributed by atoms with Crippen molar-refractivity contribution in [3.63, 3.8) is 0 Å². The van der Waals surface area contributed by atoms with Crippen LogP contribution in [-0.2, 0) is 36.1 Å². The molecule has 0 atom stereocenters. The minimum atomic E-state index is -3.28. The smallest absolute Gasteiger partial charge is 0.255 e. The molecule has 1 aliphatic rings. The summed E-state index contributed by atoms with van der Waals surface area (Å²) in [5.74, 6) is 1.87. The number of fused-ring (bicyclic) bond motifs is 1. The second-order valence-electron chi connectivity index (χ2n) is 7.60. The van der Waals surface area contributed by atoms with Crippen molar-refractivity contribution in [2.24, 2.45) is 0 Å². The van der Waals surface area contributed by atoms with Crippen molar-refractivity contribution in [2.45, 2.75) is 33.0 Å². The molecule has 3 aromatic rings. The van der Waals surface area contributed by atoms with Crippen molar-refractivity contribution in [2.75, 3.05) is 19.3 Å². The lowest BCUT2D eigenvalue weighted by molar-refractivity contribution is 0.218. The molecule has 164 valence electrons. The summed E-state index contributed by atoms with van der Waals surface area (Å²) in [4.78, 5) is 26.4. The van der Waals surface area contributed by atoms with E-state index in [1.165, 1.54) is 10.6 Å². The first kappa shape index (κ1) is 21.4. The molecule has 0 aliphatic carbocycles. The van der Waals surface area contributed by atoms with Gasteiger partial charge in [-0.1, -0.05) is 6.92 Å². The highest BCUT2D eigenvalue weighted by atomic mass is 32.2. The number of sulfonamides is 1. The monoisotopic (exact) mass is 443 g/mol. The number of H-pyrrole nitrogens is 1. The molecule has 4 rings (SSSR count). The van der Waals surface area contributed by atoms with Crippen LogP contribution >= 0.6 is 0 Å². The van der Waals surface area contributed by atoms with Gasteiger partial charge in [0.15, 0.2) is 0 Å². The number of nitrogens with zero attached hydrogens (tertiary/aromatic N) is 4. The third-order valence-electron chi connectivity index (χ3n) is 5.33. The fourth-order valence-corrected chi connectivity index (χ4v) is 4.54. The summed E-state index contributed by atoms with van der Waals surface area (Å²) in [6, 6.07) is 7.33. The number of aromatic amines is 1. The van der Waals surface area contributed by atoms with Gasteiger partial charge in [-0.3, -0.25) is 14.7 Å². The molecule has 0 radical (unpaired) electrons. The third kappa shape index (κ3) is 4.92. The number of hydrogen-bond acceptors (Lipinski definition) is 7. The van der Waals surface area contributed by atoms with E-state index in [1.54, 1.807) is 25.4 Å². The van der Waals surface area contributed by atoms with E-state index in [4.69, 9.17) is 4.42 Å². The molecule has 1 aliphatic heterocycles. The summed E-state index contributed by atoms with van der Waals surface area (Å²) < 4.78 is 30.8. The largest absolute Gasteiger partial charge is 0.463 e. The van der Waals surface area contributed by atoms with E-state index in [0.717, 1.165) is 23.6 Å². The summed E-state index contributed by atoms with van der Waals surface area (Å²) in [5.41, 5.74) is 2.12. The highest BCUT2D eigenvalue weighted by Gasteiger charge is 2.23. The molecular weight excluding hydrogens is 418 g/mol. The van der Waals surface area contributed by atoms with Crippen LogP contribution in [0, 0.1) is 0 Å². The van der Waals surface area contributed by atoms with Crippen LogP contribution in [0.4, 0.5) is 0 Å². The lowest BCUT2D eigenvalue weighted by Crippen LogP contribution is -2.35. The standard InChI is InChI=1S/C21H25N5O4S/c1-3-26(31(2,28)29)13-17-7-6-16(30-17)12-25-10-8-19-18(14-25)21(27)24-20(23-19)15-5-4-9-22-11-15/h4-7,9,11H,3,8,10,12-14H2,1-2H3,(H,23,24,27). The van der Waals surface area contributed by atoms with E-state index < -0.39 is 10.0 Å². The first-order chi connectivity index (χ1) is 14.8. The maximum atomic E-state index is 12.7. The Kier molecular flexibility index (Phi) is 6.03. The lowest BCUT2D eigenvalue weighted by atomic mass is 10.1. The van der Waals surface area contributed by atoms with Crippen molar-refractivity contribution in [1.82, 2.24) is 24.2 Å². The van der Waals surface area contributed by atoms with Gasteiger partial charge in [-0.15, -0.1) is 0 Å². The predicted octanol–water partition coefficient (Wildman–Crippen LogP) is 1.76. The zero-order chi connectivity index (χ0) is 22.0. The van der Waals surface area contributed by atoms with Crippen molar-refractivity contribution in [1.29, 1.82) is 0 Å². The first-order valence-corrected chi connectivity index (χ1v) is 12.0. The van der Waals surface area contributed by atoms with Crippen LogP contribution < -0.4 is 5.56 Å². The maximum absolute atomic E-state index is 12.7. The zero-order valence-electron chi connectivity index (χ0n) is 17.5. The zero-order valence-corrected chi connectivity index (χ0v) is 18.4. The van der Waals surface area contributed by atoms with Crippen LogP contribution in [0.25, 0.3) is 11.4 Å². The summed E-state index contributed by atoms with van der Waals surface area (Å²) >= 11 is 0. The highest BCUT2D eigenvalue weighted by molar-refractivity contribution is 7.88. The fourth-order valence-electron chi connectivity index (χ4n) is 3.71. The van der Waals surface area contributed by atoms with Crippen molar-refractivity contribution in [3.8, 4) is 11.4 Å². The van der Waals surface area contributed by atoms with E-state index in [0.29, 0.717) is 43.2 Å². The van der Waals surface area contributed by atoms with E-state index in [-0.39, 0.29) is 12.1 Å². The topological polar surface area (TPSA) is 112 Å². The van der Waals surface area contributed by atoms with Gasteiger partial charge in [0.1, 0.15) is 17.3 Å². The van der Waals surface area contributed by atoms with Crippen LogP contribution in [0.1, 0.15) is 29.7 Å². The minimum absolute atomic E-state index is 0.138. The van der Waals surface area contributed by atoms with E-state index in [9.17, 15) is 13.2 Å².